The molecule has 2 aliphatic rings. The highest BCUT2D eigenvalue weighted by Crippen LogP contribution is 2.31. The summed E-state index contributed by atoms with van der Waals surface area (Å²) in [6.45, 7) is 3.20. The molecule has 0 spiro atoms. The molecule has 0 aromatic heterocycles. The molecule has 0 fully saturated rings. The second-order valence-corrected chi connectivity index (χ2v) is 5.19. The van der Waals surface area contributed by atoms with Gasteiger partial charge in [0.15, 0.2) is 5.52 Å². The number of aryl methyl sites for hydroxylation is 2. The van der Waals surface area contributed by atoms with Gasteiger partial charge in [0, 0.05) is 18.7 Å². The van der Waals surface area contributed by atoms with Crippen LogP contribution in [-0.4, -0.2) is 19.5 Å². The minimum absolute atomic E-state index is 0.00176. The molecule has 10 heteroatoms. The predicted molar refractivity (Wildman–Crippen MR) is 79.3 cm³/mol. The third-order valence-electron chi connectivity index (χ3n) is 3.88. The van der Waals surface area contributed by atoms with Crippen LogP contribution in [0, 0.1) is 29.2 Å². The Hall–Kier alpha value is -3.30. The lowest BCUT2D eigenvalue weighted by atomic mass is 10.1. The molecule has 0 amide bonds. The fraction of sp³-hybridized carbons (Fsp3) is 0.231. The number of hydrogen-bond acceptors (Lipinski definition) is 6. The van der Waals surface area contributed by atoms with E-state index in [1.54, 1.807) is 13.8 Å². The molecule has 118 valence electrons. The van der Waals surface area contributed by atoms with Crippen LogP contribution in [0.1, 0.15) is 11.1 Å². The molecule has 0 radical (unpaired) electrons. The molecule has 0 saturated carbocycles. The number of aromatic amines is 1. The molecule has 0 saturated heterocycles. The molecular weight excluding hydrogens is 306 g/mol. The maximum absolute atomic E-state index is 12.5. The lowest BCUT2D eigenvalue weighted by molar-refractivity contribution is -0.567. The van der Waals surface area contributed by atoms with Gasteiger partial charge in [0.1, 0.15) is 0 Å². The molecule has 0 bridgehead atoms. The Kier molecular flexibility index (Phi) is 2.92. The minimum atomic E-state index is -0.927. The number of fused-ring (bicyclic) bond motifs is 2. The summed E-state index contributed by atoms with van der Waals surface area (Å²) in [5, 5.41) is 24.0. The van der Waals surface area contributed by atoms with Gasteiger partial charge in [-0.25, -0.2) is 4.79 Å². The average molecular weight is 317 g/mol. The van der Waals surface area contributed by atoms with E-state index >= 15 is 0 Å². The summed E-state index contributed by atoms with van der Waals surface area (Å²) >= 11 is 0. The predicted octanol–water partition coefficient (Wildman–Crippen LogP) is -0.115. The molecule has 1 N–H and O–H groups in total. The van der Waals surface area contributed by atoms with Gasteiger partial charge >= 0.3 is 22.6 Å². The molecule has 1 aromatic rings. The smallest absolute Gasteiger partial charge is 0.350 e. The van der Waals surface area contributed by atoms with Crippen LogP contribution in [0.4, 0.5) is 5.69 Å². The van der Waals surface area contributed by atoms with Crippen LogP contribution in [-0.2, 0) is 7.05 Å². The van der Waals surface area contributed by atoms with Crippen LogP contribution >= 0.6 is 0 Å². The minimum Gasteiger partial charge on any atom is -0.618 e. The molecule has 23 heavy (non-hydrogen) atoms. The number of nitro groups is 1. The van der Waals surface area contributed by atoms with Crippen molar-refractivity contribution in [3.63, 3.8) is 0 Å². The van der Waals surface area contributed by atoms with Crippen molar-refractivity contribution < 1.29 is 9.65 Å². The van der Waals surface area contributed by atoms with Crippen molar-refractivity contribution in [3.05, 3.63) is 53.4 Å². The van der Waals surface area contributed by atoms with Crippen LogP contribution in [0.25, 0.3) is 22.6 Å². The summed E-state index contributed by atoms with van der Waals surface area (Å²) < 4.78 is 1.50. The van der Waals surface area contributed by atoms with Gasteiger partial charge in [0.25, 0.3) is 0 Å². The van der Waals surface area contributed by atoms with Crippen LogP contribution in [0.3, 0.4) is 0 Å². The molecule has 2 aliphatic heterocycles. The first-order valence-electron chi connectivity index (χ1n) is 6.55. The second-order valence-electron chi connectivity index (χ2n) is 5.19. The van der Waals surface area contributed by atoms with Crippen molar-refractivity contribution in [3.8, 4) is 11.5 Å². The zero-order valence-electron chi connectivity index (χ0n) is 12.4. The van der Waals surface area contributed by atoms with Crippen molar-refractivity contribution in [2.24, 2.45) is 7.05 Å². The van der Waals surface area contributed by atoms with Gasteiger partial charge in [-0.3, -0.25) is 19.9 Å². The standard InChI is InChI=1S/C13H11N5O5/c1-5-4-7-9(8(6(5)2)18(22)23)16(3)11-10(17(7)21)12(19)15-13(20)14-11/h4H,1-3H3,(H,15,19,20). The number of aromatic nitrogens is 4. The van der Waals surface area contributed by atoms with E-state index in [9.17, 15) is 24.9 Å². The molecule has 0 atom stereocenters. The number of benzene rings is 1. The highest BCUT2D eigenvalue weighted by molar-refractivity contribution is 5.87. The molecule has 10 nitrogen and oxygen atoms in total. The summed E-state index contributed by atoms with van der Waals surface area (Å²) in [7, 11) is 1.42. The maximum atomic E-state index is 12.5. The van der Waals surface area contributed by atoms with Gasteiger partial charge in [-0.1, -0.05) is 0 Å². The highest BCUT2D eigenvalue weighted by Gasteiger charge is 2.32. The number of nitrogens with one attached hydrogen (secondary N) is 1. The van der Waals surface area contributed by atoms with E-state index in [-0.39, 0.29) is 33.0 Å². The van der Waals surface area contributed by atoms with E-state index in [2.05, 4.69) is 4.98 Å². The van der Waals surface area contributed by atoms with Gasteiger partial charge in [0.2, 0.25) is 11.3 Å². The van der Waals surface area contributed by atoms with E-state index in [1.807, 2.05) is 4.98 Å². The van der Waals surface area contributed by atoms with Crippen LogP contribution in [0.15, 0.2) is 15.7 Å². The van der Waals surface area contributed by atoms with Gasteiger partial charge in [-0.05, 0) is 19.4 Å². The average Bonchev–Trinajstić information content (AvgIpc) is 2.45. The fourth-order valence-corrected chi connectivity index (χ4v) is 2.65. The Morgan fingerprint density at radius 1 is 1.35 bits per heavy atom. The first-order chi connectivity index (χ1) is 10.7. The van der Waals surface area contributed by atoms with Crippen molar-refractivity contribution in [2.75, 3.05) is 0 Å². The summed E-state index contributed by atoms with van der Waals surface area (Å²) in [6, 6.07) is 1.47. The molecular formula is C13H11N5O5. The summed E-state index contributed by atoms with van der Waals surface area (Å²) in [5.74, 6) is -0.215. The van der Waals surface area contributed by atoms with Gasteiger partial charge in [0.05, 0.1) is 4.92 Å². The van der Waals surface area contributed by atoms with Crippen LogP contribution < -0.4 is 16.0 Å². The molecule has 0 aliphatic carbocycles. The molecule has 1 aromatic carbocycles. The zero-order valence-corrected chi connectivity index (χ0v) is 12.4. The largest absolute Gasteiger partial charge is 0.618 e. The lowest BCUT2D eigenvalue weighted by Gasteiger charge is -2.15. The Balaban J connectivity index is 2.76. The Morgan fingerprint density at radius 3 is 2.61 bits per heavy atom. The van der Waals surface area contributed by atoms with Crippen LogP contribution in [0.5, 0.6) is 0 Å². The van der Waals surface area contributed by atoms with Crippen molar-refractivity contribution in [1.82, 2.24) is 14.5 Å². The topological polar surface area (TPSA) is 138 Å². The lowest BCUT2D eigenvalue weighted by Crippen LogP contribution is -2.42. The summed E-state index contributed by atoms with van der Waals surface area (Å²) in [5.41, 5.74) is -1.57. The number of rotatable bonds is 1. The number of H-pyrrole nitrogens is 1. The quantitative estimate of drug-likeness (QED) is 0.218. The Bertz CT molecular complexity index is 1080. The number of nitro benzene ring substituents is 1. The monoisotopic (exact) mass is 317 g/mol. The van der Waals surface area contributed by atoms with Crippen molar-refractivity contribution in [1.29, 1.82) is 0 Å². The summed E-state index contributed by atoms with van der Waals surface area (Å²) in [6.07, 6.45) is 0. The van der Waals surface area contributed by atoms with Crippen molar-refractivity contribution >= 4 is 16.7 Å². The van der Waals surface area contributed by atoms with Gasteiger partial charge < -0.3 is 9.77 Å². The Labute approximate surface area is 127 Å². The molecule has 0 unspecified atom stereocenters. The van der Waals surface area contributed by atoms with E-state index in [1.165, 1.54) is 17.7 Å². The Morgan fingerprint density at radius 2 is 2.00 bits per heavy atom. The third kappa shape index (κ3) is 1.88. The van der Waals surface area contributed by atoms with E-state index in [0.717, 1.165) is 0 Å². The fourth-order valence-electron chi connectivity index (χ4n) is 2.65. The van der Waals surface area contributed by atoms with Gasteiger partial charge in [-0.2, -0.15) is 9.71 Å². The maximum Gasteiger partial charge on any atom is 0.350 e. The summed E-state index contributed by atoms with van der Waals surface area (Å²) in [4.78, 5) is 39.7. The highest BCUT2D eigenvalue weighted by atomic mass is 16.6. The van der Waals surface area contributed by atoms with Crippen molar-refractivity contribution in [2.45, 2.75) is 13.8 Å². The third-order valence-corrected chi connectivity index (χ3v) is 3.88. The normalized spacial score (nSPS) is 11.3. The first kappa shape index (κ1) is 14.6. The SMILES string of the molecule is Cc1cc2c(c([N+](=O)[O-])c1C)n(C)c1nc(=O)[nH]c(=O)c-1[n+]2[O-]. The van der Waals surface area contributed by atoms with E-state index in [0.29, 0.717) is 11.1 Å². The zero-order chi connectivity index (χ0) is 17.0. The molecule has 2 heterocycles. The van der Waals surface area contributed by atoms with E-state index < -0.39 is 16.2 Å². The second kappa shape index (κ2) is 4.60. The van der Waals surface area contributed by atoms with Gasteiger partial charge in [-0.15, -0.1) is 0 Å². The molecule has 3 rings (SSSR count). The van der Waals surface area contributed by atoms with E-state index in [4.69, 9.17) is 0 Å². The number of nitrogens with zero attached hydrogens (tertiary/aromatic N) is 4. The van der Waals surface area contributed by atoms with Crippen LogP contribution in [0.2, 0.25) is 0 Å². The first-order valence-corrected chi connectivity index (χ1v) is 6.55. The number of hydrogen-bond donors (Lipinski definition) is 1.